The molecule has 1 unspecified atom stereocenters. The molecule has 1 atom stereocenters. The van der Waals surface area contributed by atoms with Crippen LogP contribution in [0.2, 0.25) is 0 Å². The summed E-state index contributed by atoms with van der Waals surface area (Å²) in [5.41, 5.74) is 0.752. The minimum absolute atomic E-state index is 0.00386. The highest BCUT2D eigenvalue weighted by Crippen LogP contribution is 2.29. The van der Waals surface area contributed by atoms with E-state index in [1.54, 1.807) is 6.07 Å². The van der Waals surface area contributed by atoms with E-state index in [2.05, 4.69) is 5.32 Å². The zero-order chi connectivity index (χ0) is 15.5. The van der Waals surface area contributed by atoms with Gasteiger partial charge in [0.2, 0.25) is 10.0 Å². The molecular formula is C15H23FN2O2S. The van der Waals surface area contributed by atoms with Crippen molar-refractivity contribution in [3.05, 3.63) is 29.6 Å². The molecule has 1 saturated heterocycles. The van der Waals surface area contributed by atoms with Gasteiger partial charge >= 0.3 is 0 Å². The van der Waals surface area contributed by atoms with Crippen LogP contribution in [0.5, 0.6) is 0 Å². The lowest BCUT2D eigenvalue weighted by atomic mass is 10.2. The zero-order valence-corrected chi connectivity index (χ0v) is 13.4. The van der Waals surface area contributed by atoms with E-state index >= 15 is 0 Å². The molecule has 1 aromatic carbocycles. The molecule has 6 heteroatoms. The van der Waals surface area contributed by atoms with Gasteiger partial charge in [-0.25, -0.2) is 12.8 Å². The fraction of sp³-hybridized carbons (Fsp3) is 0.600. The smallest absolute Gasteiger partial charge is 0.246 e. The second kappa shape index (κ2) is 6.85. The van der Waals surface area contributed by atoms with Gasteiger partial charge in [0.1, 0.15) is 10.7 Å². The summed E-state index contributed by atoms with van der Waals surface area (Å²) in [6.07, 6.45) is 2.47. The monoisotopic (exact) mass is 314 g/mol. The average molecular weight is 314 g/mol. The third kappa shape index (κ3) is 3.44. The highest BCUT2D eigenvalue weighted by Gasteiger charge is 2.35. The van der Waals surface area contributed by atoms with E-state index in [9.17, 15) is 12.8 Å². The van der Waals surface area contributed by atoms with E-state index < -0.39 is 15.8 Å². The Bertz CT molecular complexity index is 589. The molecule has 4 nitrogen and oxygen atoms in total. The third-order valence-electron chi connectivity index (χ3n) is 3.96. The summed E-state index contributed by atoms with van der Waals surface area (Å²) in [5, 5.41) is 3.09. The molecule has 21 heavy (non-hydrogen) atoms. The van der Waals surface area contributed by atoms with Crippen LogP contribution in [0.3, 0.4) is 0 Å². The summed E-state index contributed by atoms with van der Waals surface area (Å²) in [4.78, 5) is -0.205. The van der Waals surface area contributed by atoms with Crippen LogP contribution in [-0.2, 0) is 16.6 Å². The Morgan fingerprint density at radius 1 is 1.38 bits per heavy atom. The van der Waals surface area contributed by atoms with E-state index in [4.69, 9.17) is 0 Å². The van der Waals surface area contributed by atoms with Gasteiger partial charge < -0.3 is 5.32 Å². The lowest BCUT2D eigenvalue weighted by Crippen LogP contribution is -2.35. The molecule has 1 fully saturated rings. The first-order chi connectivity index (χ1) is 10.0. The Labute approximate surface area is 126 Å². The highest BCUT2D eigenvalue weighted by molar-refractivity contribution is 7.89. The molecule has 0 saturated carbocycles. The summed E-state index contributed by atoms with van der Waals surface area (Å²) in [6, 6.07) is 4.38. The molecule has 1 aliphatic rings. The maximum absolute atomic E-state index is 14.2. The first-order valence-electron chi connectivity index (χ1n) is 7.51. The summed E-state index contributed by atoms with van der Waals surface area (Å²) >= 11 is 0. The SMILES string of the molecule is CCNCc1ccc(S(=O)(=O)N2CCCC2CC)c(F)c1. The van der Waals surface area contributed by atoms with Gasteiger partial charge in [0.15, 0.2) is 0 Å². The fourth-order valence-corrected chi connectivity index (χ4v) is 4.61. The predicted octanol–water partition coefficient (Wildman–Crippen LogP) is 2.50. The second-order valence-corrected chi connectivity index (χ2v) is 7.22. The molecule has 0 aliphatic carbocycles. The van der Waals surface area contributed by atoms with Gasteiger partial charge in [-0.15, -0.1) is 0 Å². The minimum atomic E-state index is -3.73. The molecule has 0 bridgehead atoms. The average Bonchev–Trinajstić information content (AvgIpc) is 2.94. The molecule has 0 aromatic heterocycles. The molecule has 0 radical (unpaired) electrons. The van der Waals surface area contributed by atoms with Crippen LogP contribution in [0.15, 0.2) is 23.1 Å². The number of nitrogens with zero attached hydrogens (tertiary/aromatic N) is 1. The summed E-state index contributed by atoms with van der Waals surface area (Å²) in [7, 11) is -3.73. The van der Waals surface area contributed by atoms with E-state index in [0.717, 1.165) is 31.4 Å². The molecule has 1 aromatic rings. The van der Waals surface area contributed by atoms with Crippen molar-refractivity contribution in [2.45, 2.75) is 50.6 Å². The molecule has 2 rings (SSSR count). The van der Waals surface area contributed by atoms with Crippen LogP contribution in [0, 0.1) is 5.82 Å². The molecule has 0 spiro atoms. The molecule has 1 N–H and O–H groups in total. The van der Waals surface area contributed by atoms with Crippen molar-refractivity contribution in [1.29, 1.82) is 0 Å². The van der Waals surface area contributed by atoms with Crippen molar-refractivity contribution in [2.24, 2.45) is 0 Å². The lowest BCUT2D eigenvalue weighted by molar-refractivity contribution is 0.377. The van der Waals surface area contributed by atoms with Crippen molar-refractivity contribution in [3.8, 4) is 0 Å². The fourth-order valence-electron chi connectivity index (χ4n) is 2.79. The predicted molar refractivity (Wildman–Crippen MR) is 81.0 cm³/mol. The number of hydrogen-bond acceptors (Lipinski definition) is 3. The van der Waals surface area contributed by atoms with Gasteiger partial charge in [-0.05, 0) is 43.5 Å². The van der Waals surface area contributed by atoms with Crippen LogP contribution >= 0.6 is 0 Å². The van der Waals surface area contributed by atoms with E-state index in [-0.39, 0.29) is 10.9 Å². The van der Waals surface area contributed by atoms with Crippen molar-refractivity contribution >= 4 is 10.0 Å². The van der Waals surface area contributed by atoms with Crippen molar-refractivity contribution in [2.75, 3.05) is 13.1 Å². The number of benzene rings is 1. The maximum atomic E-state index is 14.2. The topological polar surface area (TPSA) is 49.4 Å². The standard InChI is InChI=1S/C15H23FN2O2S/c1-3-13-6-5-9-18(13)21(19,20)15-8-7-12(10-14(15)16)11-17-4-2/h7-8,10,13,17H,3-6,9,11H2,1-2H3. The Kier molecular flexibility index (Phi) is 5.35. The van der Waals surface area contributed by atoms with Crippen LogP contribution in [0.4, 0.5) is 4.39 Å². The lowest BCUT2D eigenvalue weighted by Gasteiger charge is -2.23. The molecule has 118 valence electrons. The van der Waals surface area contributed by atoms with Crippen LogP contribution in [0.25, 0.3) is 0 Å². The molecule has 1 heterocycles. The van der Waals surface area contributed by atoms with Gasteiger partial charge in [0.05, 0.1) is 0 Å². The van der Waals surface area contributed by atoms with Crippen molar-refractivity contribution < 1.29 is 12.8 Å². The number of halogens is 1. The highest BCUT2D eigenvalue weighted by atomic mass is 32.2. The second-order valence-electron chi connectivity index (χ2n) is 5.37. The van der Waals surface area contributed by atoms with Crippen molar-refractivity contribution in [1.82, 2.24) is 9.62 Å². The maximum Gasteiger partial charge on any atom is 0.246 e. The van der Waals surface area contributed by atoms with Crippen LogP contribution in [-0.4, -0.2) is 31.9 Å². The van der Waals surface area contributed by atoms with Crippen LogP contribution < -0.4 is 5.32 Å². The molecule has 1 aliphatic heterocycles. The number of rotatable bonds is 6. The molecule has 0 amide bonds. The van der Waals surface area contributed by atoms with Gasteiger partial charge in [-0.3, -0.25) is 0 Å². The summed E-state index contributed by atoms with van der Waals surface area (Å²) in [5.74, 6) is -0.660. The number of sulfonamides is 1. The van der Waals surface area contributed by atoms with E-state index in [1.807, 2.05) is 13.8 Å². The number of hydrogen-bond donors (Lipinski definition) is 1. The Morgan fingerprint density at radius 3 is 2.76 bits per heavy atom. The normalized spacial score (nSPS) is 20.0. The van der Waals surface area contributed by atoms with Crippen LogP contribution in [0.1, 0.15) is 38.7 Å². The quantitative estimate of drug-likeness (QED) is 0.877. The Balaban J connectivity index is 2.28. The zero-order valence-electron chi connectivity index (χ0n) is 12.6. The first-order valence-corrected chi connectivity index (χ1v) is 8.95. The summed E-state index contributed by atoms with van der Waals surface area (Å²) < 4.78 is 40.9. The van der Waals surface area contributed by atoms with E-state index in [0.29, 0.717) is 13.1 Å². The van der Waals surface area contributed by atoms with Gasteiger partial charge in [-0.1, -0.05) is 19.9 Å². The Morgan fingerprint density at radius 2 is 2.14 bits per heavy atom. The first kappa shape index (κ1) is 16.4. The number of nitrogens with one attached hydrogen (secondary N) is 1. The largest absolute Gasteiger partial charge is 0.313 e. The molecular weight excluding hydrogens is 291 g/mol. The van der Waals surface area contributed by atoms with Gasteiger partial charge in [0.25, 0.3) is 0 Å². The minimum Gasteiger partial charge on any atom is -0.313 e. The third-order valence-corrected chi connectivity index (χ3v) is 5.94. The Hall–Kier alpha value is -0.980. The van der Waals surface area contributed by atoms with Gasteiger partial charge in [0, 0.05) is 19.1 Å². The summed E-state index contributed by atoms with van der Waals surface area (Å²) in [6.45, 7) is 5.74. The van der Waals surface area contributed by atoms with Crippen molar-refractivity contribution in [3.63, 3.8) is 0 Å². The van der Waals surface area contributed by atoms with E-state index in [1.165, 1.54) is 16.4 Å². The van der Waals surface area contributed by atoms with Gasteiger partial charge in [-0.2, -0.15) is 4.31 Å².